The van der Waals surface area contributed by atoms with Gasteiger partial charge in [0, 0.05) is 5.56 Å². The Bertz CT molecular complexity index is 843. The van der Waals surface area contributed by atoms with Crippen molar-refractivity contribution in [1.29, 1.82) is 5.26 Å². The fraction of sp³-hybridized carbons (Fsp3) is 0. The molecule has 0 aliphatic carbocycles. The Labute approximate surface area is 126 Å². The lowest BCUT2D eigenvalue weighted by molar-refractivity contribution is 0.429. The number of hydrogen-bond acceptors (Lipinski definition) is 4. The molecule has 0 N–H and O–H groups in total. The lowest BCUT2D eigenvalue weighted by Gasteiger charge is -1.92. The zero-order valence-corrected chi connectivity index (χ0v) is 11.4. The molecule has 0 amide bonds. The van der Waals surface area contributed by atoms with Crippen molar-refractivity contribution in [2.45, 2.75) is 0 Å². The summed E-state index contributed by atoms with van der Waals surface area (Å²) in [6.07, 6.45) is 3.46. The van der Waals surface area contributed by atoms with Gasteiger partial charge >= 0.3 is 0 Å². The van der Waals surface area contributed by atoms with Crippen molar-refractivity contribution >= 4 is 12.2 Å². The summed E-state index contributed by atoms with van der Waals surface area (Å²) >= 11 is 0. The Hall–Kier alpha value is -3.26. The van der Waals surface area contributed by atoms with Gasteiger partial charge in [-0.1, -0.05) is 23.4 Å². The monoisotopic (exact) mass is 291 g/mol. The van der Waals surface area contributed by atoms with E-state index in [0.717, 1.165) is 11.1 Å². The number of hydrogen-bond donors (Lipinski definition) is 0. The van der Waals surface area contributed by atoms with Crippen molar-refractivity contribution in [3.63, 3.8) is 0 Å². The van der Waals surface area contributed by atoms with E-state index in [0.29, 0.717) is 17.3 Å². The Morgan fingerprint density at radius 2 is 1.73 bits per heavy atom. The van der Waals surface area contributed by atoms with E-state index >= 15 is 0 Å². The van der Waals surface area contributed by atoms with E-state index in [9.17, 15) is 4.39 Å². The summed E-state index contributed by atoms with van der Waals surface area (Å²) < 4.78 is 18.0. The van der Waals surface area contributed by atoms with Gasteiger partial charge in [-0.2, -0.15) is 10.2 Å². The van der Waals surface area contributed by atoms with E-state index in [1.54, 1.807) is 48.6 Å². The maximum Gasteiger partial charge on any atom is 0.258 e. The quantitative estimate of drug-likeness (QED) is 0.733. The van der Waals surface area contributed by atoms with Crippen molar-refractivity contribution in [3.05, 3.63) is 71.3 Å². The lowest BCUT2D eigenvalue weighted by Crippen LogP contribution is -1.80. The minimum absolute atomic E-state index is 0.278. The van der Waals surface area contributed by atoms with E-state index in [1.165, 1.54) is 12.1 Å². The molecule has 0 saturated carbocycles. The molecule has 3 rings (SSSR count). The smallest absolute Gasteiger partial charge is 0.258 e. The third-order valence-corrected chi connectivity index (χ3v) is 3.00. The van der Waals surface area contributed by atoms with E-state index in [1.807, 2.05) is 6.07 Å². The van der Waals surface area contributed by atoms with Gasteiger partial charge in [0.25, 0.3) is 5.89 Å². The fourth-order valence-electron chi connectivity index (χ4n) is 1.85. The summed E-state index contributed by atoms with van der Waals surface area (Å²) in [6, 6.07) is 15.0. The van der Waals surface area contributed by atoms with Crippen molar-refractivity contribution in [1.82, 2.24) is 10.1 Å². The van der Waals surface area contributed by atoms with E-state index in [-0.39, 0.29) is 5.82 Å². The molecule has 4 nitrogen and oxygen atoms in total. The van der Waals surface area contributed by atoms with Crippen LogP contribution in [0.3, 0.4) is 0 Å². The maximum absolute atomic E-state index is 12.8. The predicted octanol–water partition coefficient (Wildman–Crippen LogP) is 3.92. The van der Waals surface area contributed by atoms with Crippen LogP contribution in [0.25, 0.3) is 23.6 Å². The van der Waals surface area contributed by atoms with Gasteiger partial charge in [-0.05, 0) is 48.0 Å². The number of aromatic nitrogens is 2. The van der Waals surface area contributed by atoms with Crippen LogP contribution >= 0.6 is 0 Å². The molecule has 0 unspecified atom stereocenters. The molecule has 22 heavy (non-hydrogen) atoms. The second kappa shape index (κ2) is 6.02. The molecule has 0 atom stereocenters. The molecular formula is C17H10FN3O. The molecular weight excluding hydrogens is 281 g/mol. The molecule has 0 spiro atoms. The van der Waals surface area contributed by atoms with Crippen molar-refractivity contribution < 1.29 is 8.91 Å². The van der Waals surface area contributed by atoms with Gasteiger partial charge in [-0.15, -0.1) is 0 Å². The summed E-state index contributed by atoms with van der Waals surface area (Å²) in [4.78, 5) is 4.25. The van der Waals surface area contributed by atoms with Gasteiger partial charge in [0.05, 0.1) is 11.6 Å². The average Bonchev–Trinajstić information content (AvgIpc) is 3.03. The zero-order chi connectivity index (χ0) is 15.4. The summed E-state index contributed by atoms with van der Waals surface area (Å²) in [5, 5.41) is 12.6. The predicted molar refractivity (Wildman–Crippen MR) is 79.8 cm³/mol. The molecule has 2 aromatic carbocycles. The van der Waals surface area contributed by atoms with Crippen LogP contribution in [0.4, 0.5) is 4.39 Å². The van der Waals surface area contributed by atoms with Gasteiger partial charge in [0.15, 0.2) is 5.82 Å². The van der Waals surface area contributed by atoms with Crippen LogP contribution < -0.4 is 0 Å². The first-order chi connectivity index (χ1) is 10.7. The highest BCUT2D eigenvalue weighted by Crippen LogP contribution is 2.18. The minimum atomic E-state index is -0.278. The summed E-state index contributed by atoms with van der Waals surface area (Å²) in [5.41, 5.74) is 2.15. The van der Waals surface area contributed by atoms with E-state index in [2.05, 4.69) is 10.1 Å². The maximum atomic E-state index is 12.8. The highest BCUT2D eigenvalue weighted by Gasteiger charge is 2.06. The molecule has 0 radical (unpaired) electrons. The van der Waals surface area contributed by atoms with Crippen LogP contribution in [0.15, 0.2) is 53.1 Å². The van der Waals surface area contributed by atoms with Crippen LogP contribution in [0.5, 0.6) is 0 Å². The Morgan fingerprint density at radius 1 is 1.00 bits per heavy atom. The highest BCUT2D eigenvalue weighted by molar-refractivity contribution is 5.67. The van der Waals surface area contributed by atoms with Crippen LogP contribution in [0, 0.1) is 17.1 Å². The molecule has 0 fully saturated rings. The van der Waals surface area contributed by atoms with Gasteiger partial charge in [-0.25, -0.2) is 4.39 Å². The highest BCUT2D eigenvalue weighted by atomic mass is 19.1. The van der Waals surface area contributed by atoms with Crippen LogP contribution in [-0.2, 0) is 0 Å². The van der Waals surface area contributed by atoms with E-state index < -0.39 is 0 Å². The third kappa shape index (κ3) is 3.07. The van der Waals surface area contributed by atoms with Crippen LogP contribution in [0.1, 0.15) is 17.0 Å². The van der Waals surface area contributed by atoms with Gasteiger partial charge < -0.3 is 4.52 Å². The molecule has 1 aromatic heterocycles. The first-order valence-electron chi connectivity index (χ1n) is 6.52. The average molecular weight is 291 g/mol. The number of nitrogens with zero attached hydrogens (tertiary/aromatic N) is 3. The SMILES string of the molecule is N#Cc1ccc(-c2nc(/C=C/c3ccc(F)cc3)no2)cc1. The molecule has 0 aliphatic heterocycles. The van der Waals surface area contributed by atoms with Gasteiger partial charge in [0.1, 0.15) is 5.82 Å². The molecule has 0 bridgehead atoms. The van der Waals surface area contributed by atoms with E-state index in [4.69, 9.17) is 9.78 Å². The molecule has 106 valence electrons. The van der Waals surface area contributed by atoms with Crippen LogP contribution in [0.2, 0.25) is 0 Å². The number of halogens is 1. The standard InChI is InChI=1S/C17H10FN3O/c18-15-8-3-12(4-9-15)5-10-16-20-17(22-21-16)14-6-1-13(11-19)2-7-14/h1-10H/b10-5+. The van der Waals surface area contributed by atoms with Gasteiger partial charge in [-0.3, -0.25) is 0 Å². The minimum Gasteiger partial charge on any atom is -0.334 e. The second-order valence-corrected chi connectivity index (χ2v) is 4.53. The van der Waals surface area contributed by atoms with Crippen molar-refractivity contribution in [3.8, 4) is 17.5 Å². The first-order valence-corrected chi connectivity index (χ1v) is 6.52. The van der Waals surface area contributed by atoms with Gasteiger partial charge in [0.2, 0.25) is 0 Å². The largest absolute Gasteiger partial charge is 0.334 e. The lowest BCUT2D eigenvalue weighted by atomic mass is 10.1. The van der Waals surface area contributed by atoms with Crippen molar-refractivity contribution in [2.24, 2.45) is 0 Å². The summed E-state index contributed by atoms with van der Waals surface area (Å²) in [5.74, 6) is 0.520. The van der Waals surface area contributed by atoms with Crippen LogP contribution in [-0.4, -0.2) is 10.1 Å². The Balaban J connectivity index is 1.78. The number of nitriles is 1. The summed E-state index contributed by atoms with van der Waals surface area (Å²) in [6.45, 7) is 0. The second-order valence-electron chi connectivity index (χ2n) is 4.53. The summed E-state index contributed by atoms with van der Waals surface area (Å²) in [7, 11) is 0. The molecule has 3 aromatic rings. The number of benzene rings is 2. The normalized spacial score (nSPS) is 10.7. The fourth-order valence-corrected chi connectivity index (χ4v) is 1.85. The van der Waals surface area contributed by atoms with Crippen molar-refractivity contribution in [2.75, 3.05) is 0 Å². The third-order valence-electron chi connectivity index (χ3n) is 3.00. The molecule has 5 heteroatoms. The first kappa shape index (κ1) is 13.7. The Kier molecular flexibility index (Phi) is 3.75. The molecule has 0 saturated heterocycles. The zero-order valence-electron chi connectivity index (χ0n) is 11.4. The molecule has 0 aliphatic rings. The molecule has 1 heterocycles. The number of rotatable bonds is 3. The topological polar surface area (TPSA) is 62.7 Å². The Morgan fingerprint density at radius 3 is 2.41 bits per heavy atom.